The third-order valence-corrected chi connectivity index (χ3v) is 6.87. The molecule has 158 valence electrons. The lowest BCUT2D eigenvalue weighted by atomic mass is 9.98. The van der Waals surface area contributed by atoms with Crippen LogP contribution in [-0.4, -0.2) is 44.0 Å². The number of halogens is 2. The monoisotopic (exact) mass is 488 g/mol. The van der Waals surface area contributed by atoms with Gasteiger partial charge in [0.1, 0.15) is 5.75 Å². The summed E-state index contributed by atoms with van der Waals surface area (Å²) in [5.74, 6) is 1.38. The van der Waals surface area contributed by atoms with Crippen molar-refractivity contribution in [3.05, 3.63) is 69.3 Å². The van der Waals surface area contributed by atoms with E-state index in [-0.39, 0.29) is 5.78 Å². The highest BCUT2D eigenvalue weighted by molar-refractivity contribution is 9.10. The number of ether oxygens (including phenoxy) is 1. The zero-order valence-corrected chi connectivity index (χ0v) is 19.5. The molecule has 2 aromatic carbocycles. The lowest BCUT2D eigenvalue weighted by Crippen LogP contribution is -2.32. The number of piperidine rings is 1. The van der Waals surface area contributed by atoms with E-state index in [1.54, 1.807) is 18.2 Å². The van der Waals surface area contributed by atoms with Crippen LogP contribution in [0.1, 0.15) is 28.8 Å². The van der Waals surface area contributed by atoms with Gasteiger partial charge in [0.15, 0.2) is 5.78 Å². The molecule has 6 heteroatoms. The number of hydrogen-bond acceptors (Lipinski definition) is 4. The van der Waals surface area contributed by atoms with Gasteiger partial charge in [-0.15, -0.1) is 0 Å². The van der Waals surface area contributed by atoms with Crippen molar-refractivity contribution >= 4 is 39.0 Å². The Morgan fingerprint density at radius 2 is 2.00 bits per heavy atom. The van der Waals surface area contributed by atoms with Gasteiger partial charge in [-0.1, -0.05) is 23.7 Å². The summed E-state index contributed by atoms with van der Waals surface area (Å²) in [5.41, 5.74) is 2.87. The summed E-state index contributed by atoms with van der Waals surface area (Å²) in [6.07, 6.45) is 6.74. The van der Waals surface area contributed by atoms with Crippen LogP contribution in [0.5, 0.6) is 5.75 Å². The molecule has 2 heterocycles. The fourth-order valence-electron chi connectivity index (χ4n) is 4.02. The maximum atomic E-state index is 12.5. The molecule has 2 aliphatic heterocycles. The van der Waals surface area contributed by atoms with Gasteiger partial charge >= 0.3 is 0 Å². The predicted octanol–water partition coefficient (Wildman–Crippen LogP) is 5.58. The predicted molar refractivity (Wildman–Crippen MR) is 126 cm³/mol. The van der Waals surface area contributed by atoms with Crippen molar-refractivity contribution in [2.75, 3.05) is 38.2 Å². The molecular formula is C24H26BrClN2O2. The van der Waals surface area contributed by atoms with Gasteiger partial charge in [0.05, 0.1) is 16.1 Å². The Labute approximate surface area is 191 Å². The highest BCUT2D eigenvalue weighted by atomic mass is 79.9. The van der Waals surface area contributed by atoms with Crippen LogP contribution in [0, 0.1) is 5.92 Å². The van der Waals surface area contributed by atoms with E-state index >= 15 is 0 Å². The molecule has 30 heavy (non-hydrogen) atoms. The molecule has 0 aromatic heterocycles. The fourth-order valence-corrected chi connectivity index (χ4v) is 4.76. The van der Waals surface area contributed by atoms with Gasteiger partial charge in [0, 0.05) is 36.1 Å². The van der Waals surface area contributed by atoms with E-state index in [0.717, 1.165) is 48.6 Å². The second kappa shape index (κ2) is 9.54. The molecule has 0 N–H and O–H groups in total. The third kappa shape index (κ3) is 4.90. The Kier molecular flexibility index (Phi) is 6.81. The molecule has 0 radical (unpaired) electrons. The summed E-state index contributed by atoms with van der Waals surface area (Å²) in [6.45, 7) is 3.85. The van der Waals surface area contributed by atoms with Gasteiger partial charge in [-0.05, 0) is 85.0 Å². The molecule has 0 bridgehead atoms. The van der Waals surface area contributed by atoms with Crippen LogP contribution >= 0.6 is 27.5 Å². The van der Waals surface area contributed by atoms with Gasteiger partial charge in [-0.2, -0.15) is 0 Å². The van der Waals surface area contributed by atoms with Gasteiger partial charge < -0.3 is 14.5 Å². The minimum atomic E-state index is -0.0927. The summed E-state index contributed by atoms with van der Waals surface area (Å²) in [7, 11) is 2.17. The molecule has 0 unspecified atom stereocenters. The highest BCUT2D eigenvalue weighted by Crippen LogP contribution is 2.38. The molecule has 2 aliphatic rings. The van der Waals surface area contributed by atoms with Crippen LogP contribution in [0.3, 0.4) is 0 Å². The molecule has 2 aromatic rings. The van der Waals surface area contributed by atoms with E-state index < -0.39 is 0 Å². The summed E-state index contributed by atoms with van der Waals surface area (Å²) in [4.78, 5) is 17.0. The molecule has 0 spiro atoms. The average molecular weight is 490 g/mol. The first kappa shape index (κ1) is 21.4. The quantitative estimate of drug-likeness (QED) is 0.392. The zero-order valence-electron chi connectivity index (χ0n) is 17.1. The number of fused-ring (bicyclic) bond motifs is 1. The molecule has 0 amide bonds. The molecule has 0 atom stereocenters. The average Bonchev–Trinajstić information content (AvgIpc) is 3.13. The second-order valence-electron chi connectivity index (χ2n) is 8.07. The van der Waals surface area contributed by atoms with Crippen LogP contribution in [0.4, 0.5) is 5.69 Å². The Morgan fingerprint density at radius 3 is 2.77 bits per heavy atom. The van der Waals surface area contributed by atoms with Gasteiger partial charge in [-0.3, -0.25) is 4.79 Å². The van der Waals surface area contributed by atoms with E-state index in [9.17, 15) is 4.79 Å². The maximum absolute atomic E-state index is 12.5. The Hall–Kier alpha value is -1.82. The van der Waals surface area contributed by atoms with E-state index in [4.69, 9.17) is 16.3 Å². The number of allylic oxidation sites excluding steroid dienone is 1. The topological polar surface area (TPSA) is 32.8 Å². The van der Waals surface area contributed by atoms with Gasteiger partial charge in [-0.25, -0.2) is 0 Å². The van der Waals surface area contributed by atoms with Crippen molar-refractivity contribution in [1.82, 2.24) is 4.90 Å². The largest absolute Gasteiger partial charge is 0.492 e. The van der Waals surface area contributed by atoms with Crippen LogP contribution in [0.2, 0.25) is 5.02 Å². The molecule has 1 fully saturated rings. The first-order valence-corrected chi connectivity index (χ1v) is 11.6. The maximum Gasteiger partial charge on any atom is 0.188 e. The summed E-state index contributed by atoms with van der Waals surface area (Å²) in [5, 5.41) is 0.475. The molecule has 4 rings (SSSR count). The number of nitrogens with zero attached hydrogens (tertiary/aromatic N) is 2. The Morgan fingerprint density at radius 1 is 1.23 bits per heavy atom. The van der Waals surface area contributed by atoms with Crippen molar-refractivity contribution in [2.24, 2.45) is 5.92 Å². The minimum absolute atomic E-state index is 0.0927. The van der Waals surface area contributed by atoms with Crippen molar-refractivity contribution in [3.63, 3.8) is 0 Å². The number of benzene rings is 2. The smallest absolute Gasteiger partial charge is 0.188 e. The third-order valence-electron chi connectivity index (χ3n) is 5.92. The summed E-state index contributed by atoms with van der Waals surface area (Å²) >= 11 is 9.81. The SMILES string of the molecule is CN1CCC(COc2cc3c(cc2Br)CCN3C=CC(=O)c2ccccc2Cl)CC1. The molecule has 0 aliphatic carbocycles. The molecule has 0 saturated carbocycles. The molecule has 1 saturated heterocycles. The highest BCUT2D eigenvalue weighted by Gasteiger charge is 2.22. The van der Waals surface area contributed by atoms with Crippen LogP contribution < -0.4 is 9.64 Å². The number of rotatable bonds is 6. The van der Waals surface area contributed by atoms with Crippen LogP contribution in [0.15, 0.2) is 53.1 Å². The van der Waals surface area contributed by atoms with Crippen molar-refractivity contribution in [1.29, 1.82) is 0 Å². The number of hydrogen-bond donors (Lipinski definition) is 0. The number of carbonyl (C=O) groups excluding carboxylic acids is 1. The van der Waals surface area contributed by atoms with E-state index in [1.165, 1.54) is 18.4 Å². The Balaban J connectivity index is 1.45. The number of carbonyl (C=O) groups is 1. The minimum Gasteiger partial charge on any atom is -0.492 e. The standard InChI is InChI=1S/C24H26BrClN2O2/c1-27-10-6-17(7-11-27)16-30-24-15-22-18(14-20(24)25)8-12-28(22)13-9-23(29)19-4-2-3-5-21(19)26/h2-5,9,13-15,17H,6-8,10-12,16H2,1H3. The van der Waals surface area contributed by atoms with E-state index in [1.807, 2.05) is 18.3 Å². The van der Waals surface area contributed by atoms with Crippen LogP contribution in [0.25, 0.3) is 0 Å². The zero-order chi connectivity index (χ0) is 21.1. The summed E-state index contributed by atoms with van der Waals surface area (Å²) < 4.78 is 7.19. The van der Waals surface area contributed by atoms with Crippen molar-refractivity contribution in [2.45, 2.75) is 19.3 Å². The Bertz CT molecular complexity index is 954. The van der Waals surface area contributed by atoms with Gasteiger partial charge in [0.2, 0.25) is 0 Å². The van der Waals surface area contributed by atoms with E-state index in [2.05, 4.69) is 44.9 Å². The number of ketones is 1. The van der Waals surface area contributed by atoms with Crippen molar-refractivity contribution < 1.29 is 9.53 Å². The summed E-state index contributed by atoms with van der Waals surface area (Å²) in [6, 6.07) is 11.4. The first-order valence-electron chi connectivity index (χ1n) is 10.4. The lowest BCUT2D eigenvalue weighted by Gasteiger charge is -2.29. The fraction of sp³-hybridized carbons (Fsp3) is 0.375. The number of anilines is 1. The second-order valence-corrected chi connectivity index (χ2v) is 9.33. The molecular weight excluding hydrogens is 464 g/mol. The molecule has 4 nitrogen and oxygen atoms in total. The van der Waals surface area contributed by atoms with E-state index in [0.29, 0.717) is 16.5 Å². The van der Waals surface area contributed by atoms with Crippen molar-refractivity contribution in [3.8, 4) is 5.75 Å². The number of likely N-dealkylation sites (tertiary alicyclic amines) is 1. The normalized spacial score (nSPS) is 17.5. The van der Waals surface area contributed by atoms with Gasteiger partial charge in [0.25, 0.3) is 0 Å². The first-order chi connectivity index (χ1) is 14.5. The van der Waals surface area contributed by atoms with Crippen LogP contribution in [-0.2, 0) is 6.42 Å². The lowest BCUT2D eigenvalue weighted by molar-refractivity contribution is 0.104.